The third kappa shape index (κ3) is 5.95. The van der Waals surface area contributed by atoms with Crippen molar-refractivity contribution in [2.75, 3.05) is 25.2 Å². The van der Waals surface area contributed by atoms with Crippen LogP contribution < -0.4 is 14.4 Å². The van der Waals surface area contributed by atoms with Crippen LogP contribution in [0.2, 0.25) is 5.02 Å². The molecule has 204 valence electrons. The molecule has 5 rings (SSSR count). The molecule has 0 radical (unpaired) electrons. The number of halogens is 1. The fourth-order valence-corrected chi connectivity index (χ4v) is 5.56. The second kappa shape index (κ2) is 11.8. The first-order chi connectivity index (χ1) is 19.4. The number of esters is 1. The molecule has 10 heteroatoms. The topological polar surface area (TPSA) is 94.5 Å². The highest BCUT2D eigenvalue weighted by Gasteiger charge is 2.32. The summed E-state index contributed by atoms with van der Waals surface area (Å²) in [6, 6.07) is 28.0. The molecule has 0 saturated carbocycles. The van der Waals surface area contributed by atoms with Crippen molar-refractivity contribution in [1.82, 2.24) is 0 Å². The zero-order chi connectivity index (χ0) is 28.1. The number of fused-ring (bicyclic) bond motifs is 1. The van der Waals surface area contributed by atoms with Crippen LogP contribution in [-0.4, -0.2) is 40.5 Å². The van der Waals surface area contributed by atoms with Gasteiger partial charge in [-0.25, -0.2) is 4.79 Å². The summed E-state index contributed by atoms with van der Waals surface area (Å²) in [4.78, 5) is 14.7. The quantitative estimate of drug-likeness (QED) is 0.234. The number of anilines is 1. The number of ether oxygens (including phenoxy) is 3. The summed E-state index contributed by atoms with van der Waals surface area (Å²) in [6.07, 6.45) is 0. The van der Waals surface area contributed by atoms with Crippen molar-refractivity contribution >= 4 is 39.1 Å². The Hall–Kier alpha value is -4.34. The lowest BCUT2D eigenvalue weighted by molar-refractivity contribution is 0.0517. The minimum Gasteiger partial charge on any atom is -0.493 e. The average Bonchev–Trinajstić information content (AvgIpc) is 3.25. The molecule has 0 amide bonds. The van der Waals surface area contributed by atoms with Gasteiger partial charge < -0.3 is 19.1 Å². The van der Waals surface area contributed by atoms with Crippen LogP contribution in [0.15, 0.2) is 106 Å². The lowest BCUT2D eigenvalue weighted by Crippen LogP contribution is -2.34. The lowest BCUT2D eigenvalue weighted by atomic mass is 10.1. The van der Waals surface area contributed by atoms with Gasteiger partial charge in [0.1, 0.15) is 18.1 Å². The van der Waals surface area contributed by atoms with Crippen molar-refractivity contribution in [2.24, 2.45) is 4.40 Å². The molecule has 0 atom stereocenters. The summed E-state index contributed by atoms with van der Waals surface area (Å²) < 4.78 is 46.3. The molecule has 4 aromatic rings. The highest BCUT2D eigenvalue weighted by atomic mass is 35.5. The first-order valence-corrected chi connectivity index (χ1v) is 14.2. The van der Waals surface area contributed by atoms with E-state index in [4.69, 9.17) is 25.8 Å². The molecule has 0 N–H and O–H groups in total. The Balaban J connectivity index is 1.30. The monoisotopic (exact) mass is 576 g/mol. The van der Waals surface area contributed by atoms with Crippen molar-refractivity contribution < 1.29 is 27.4 Å². The summed E-state index contributed by atoms with van der Waals surface area (Å²) in [7, 11) is -2.35. The van der Waals surface area contributed by atoms with Gasteiger partial charge in [-0.1, -0.05) is 54.1 Å². The van der Waals surface area contributed by atoms with Gasteiger partial charge in [-0.3, -0.25) is 0 Å². The number of rotatable bonds is 9. The Labute approximate surface area is 237 Å². The summed E-state index contributed by atoms with van der Waals surface area (Å²) in [5.41, 5.74) is 2.40. The Morgan fingerprint density at radius 1 is 0.900 bits per heavy atom. The number of nitrogens with zero attached hydrogens (tertiary/aromatic N) is 2. The molecule has 8 nitrogen and oxygen atoms in total. The number of carbonyl (C=O) groups is 1. The van der Waals surface area contributed by atoms with E-state index in [1.165, 1.54) is 13.2 Å². The molecule has 40 heavy (non-hydrogen) atoms. The Bertz CT molecular complexity index is 1660. The van der Waals surface area contributed by atoms with Crippen molar-refractivity contribution in [2.45, 2.75) is 11.5 Å². The number of carbonyl (C=O) groups excluding carboxylic acids is 1. The third-order valence-corrected chi connectivity index (χ3v) is 7.77. The molecule has 0 saturated heterocycles. The first-order valence-electron chi connectivity index (χ1n) is 12.3. The molecule has 1 heterocycles. The van der Waals surface area contributed by atoms with Crippen LogP contribution in [0.5, 0.6) is 11.5 Å². The standard InChI is InChI=1S/C30H25ClN2O6S/c1-37-27-19-22(11-16-26(27)39-20-21-7-3-2-4-8-21)30(34)38-18-17-33(24-14-12-23(31)13-15-24)29-25-9-5-6-10-28(25)40(35,36)32-29/h2-16,19H,17-18,20H2,1H3. The summed E-state index contributed by atoms with van der Waals surface area (Å²) >= 11 is 6.07. The van der Waals surface area contributed by atoms with E-state index in [0.717, 1.165) is 5.56 Å². The van der Waals surface area contributed by atoms with Crippen molar-refractivity contribution in [3.05, 3.63) is 119 Å². The molecule has 1 aliphatic heterocycles. The van der Waals surface area contributed by atoms with Crippen molar-refractivity contribution in [3.8, 4) is 11.5 Å². The third-order valence-electron chi connectivity index (χ3n) is 6.19. The fourth-order valence-electron chi connectivity index (χ4n) is 4.22. The Morgan fingerprint density at radius 2 is 1.62 bits per heavy atom. The maximum absolute atomic E-state index is 12.9. The highest BCUT2D eigenvalue weighted by Crippen LogP contribution is 2.31. The number of benzene rings is 4. The molecular formula is C30H25ClN2O6S. The van der Waals surface area contributed by atoms with Gasteiger partial charge in [0.25, 0.3) is 10.0 Å². The maximum atomic E-state index is 12.9. The number of methoxy groups -OCH3 is 1. The van der Waals surface area contributed by atoms with E-state index in [0.29, 0.717) is 34.4 Å². The van der Waals surface area contributed by atoms with E-state index in [9.17, 15) is 13.2 Å². The molecule has 0 fully saturated rings. The molecule has 4 aromatic carbocycles. The SMILES string of the molecule is COc1cc(C(=O)OCCN(C2=NS(=O)(=O)c3ccccc32)c2ccc(Cl)cc2)ccc1OCc1ccccc1. The summed E-state index contributed by atoms with van der Waals surface area (Å²) in [5.74, 6) is 0.576. The minimum absolute atomic E-state index is 0.0444. The van der Waals surface area contributed by atoms with Crippen LogP contribution in [0.3, 0.4) is 0 Å². The zero-order valence-electron chi connectivity index (χ0n) is 21.5. The number of hydrogen-bond donors (Lipinski definition) is 0. The number of amidine groups is 1. The van der Waals surface area contributed by atoms with Gasteiger partial charge in [0, 0.05) is 16.3 Å². The van der Waals surface area contributed by atoms with Crippen LogP contribution in [0.25, 0.3) is 0 Å². The van der Waals surface area contributed by atoms with Gasteiger partial charge in [-0.2, -0.15) is 8.42 Å². The molecular weight excluding hydrogens is 552 g/mol. The summed E-state index contributed by atoms with van der Waals surface area (Å²) in [6.45, 7) is 0.451. The highest BCUT2D eigenvalue weighted by molar-refractivity contribution is 7.90. The van der Waals surface area contributed by atoms with Gasteiger partial charge in [0.2, 0.25) is 0 Å². The second-order valence-corrected chi connectivity index (χ2v) is 10.8. The molecule has 0 spiro atoms. The molecule has 0 unspecified atom stereocenters. The molecule has 1 aliphatic rings. The van der Waals surface area contributed by atoms with E-state index in [1.807, 2.05) is 30.3 Å². The number of sulfonamides is 1. The molecule has 0 aromatic heterocycles. The number of hydrogen-bond acceptors (Lipinski definition) is 7. The normalized spacial score (nSPS) is 13.2. The zero-order valence-corrected chi connectivity index (χ0v) is 23.1. The van der Waals surface area contributed by atoms with Crippen LogP contribution in [-0.2, 0) is 21.4 Å². The van der Waals surface area contributed by atoms with Gasteiger partial charge in [-0.05, 0) is 60.2 Å². The van der Waals surface area contributed by atoms with E-state index in [-0.39, 0.29) is 29.4 Å². The average molecular weight is 577 g/mol. The summed E-state index contributed by atoms with van der Waals surface area (Å²) in [5, 5.41) is 0.529. The predicted octanol–water partition coefficient (Wildman–Crippen LogP) is 5.74. The van der Waals surface area contributed by atoms with E-state index >= 15 is 0 Å². The Morgan fingerprint density at radius 3 is 2.38 bits per heavy atom. The van der Waals surface area contributed by atoms with Crippen molar-refractivity contribution in [1.29, 1.82) is 0 Å². The van der Waals surface area contributed by atoms with Gasteiger partial charge in [0.05, 0.1) is 19.2 Å². The fraction of sp³-hybridized carbons (Fsp3) is 0.133. The molecule has 0 bridgehead atoms. The van der Waals surface area contributed by atoms with Gasteiger partial charge in [-0.15, -0.1) is 4.40 Å². The molecule has 0 aliphatic carbocycles. The first kappa shape index (κ1) is 27.2. The predicted molar refractivity (Wildman–Crippen MR) is 153 cm³/mol. The van der Waals surface area contributed by atoms with E-state index in [1.54, 1.807) is 65.6 Å². The van der Waals surface area contributed by atoms with Crippen LogP contribution in [0.4, 0.5) is 5.69 Å². The van der Waals surface area contributed by atoms with Crippen LogP contribution >= 0.6 is 11.6 Å². The second-order valence-electron chi connectivity index (χ2n) is 8.79. The smallest absolute Gasteiger partial charge is 0.338 e. The van der Waals surface area contributed by atoms with Crippen LogP contribution in [0, 0.1) is 0 Å². The Kier molecular flexibility index (Phi) is 8.04. The van der Waals surface area contributed by atoms with E-state index in [2.05, 4.69) is 4.40 Å². The van der Waals surface area contributed by atoms with Crippen molar-refractivity contribution in [3.63, 3.8) is 0 Å². The van der Waals surface area contributed by atoms with Crippen LogP contribution in [0.1, 0.15) is 21.5 Å². The largest absolute Gasteiger partial charge is 0.493 e. The maximum Gasteiger partial charge on any atom is 0.338 e. The minimum atomic E-state index is -3.85. The van der Waals surface area contributed by atoms with Gasteiger partial charge >= 0.3 is 5.97 Å². The lowest BCUT2D eigenvalue weighted by Gasteiger charge is -2.24. The van der Waals surface area contributed by atoms with Gasteiger partial charge in [0.15, 0.2) is 17.3 Å². The van der Waals surface area contributed by atoms with E-state index < -0.39 is 16.0 Å².